The van der Waals surface area contributed by atoms with Crippen LogP contribution in [-0.2, 0) is 14.1 Å². The van der Waals surface area contributed by atoms with Gasteiger partial charge in [0.05, 0.1) is 18.3 Å². The monoisotopic (exact) mass is 366 g/mol. The average Bonchev–Trinajstić information content (AvgIpc) is 2.73. The lowest BCUT2D eigenvalue weighted by molar-refractivity contribution is -0.109. The van der Waals surface area contributed by atoms with Gasteiger partial charge >= 0.3 is 7.12 Å². The summed E-state index contributed by atoms with van der Waals surface area (Å²) >= 11 is 1.14. The van der Waals surface area contributed by atoms with Gasteiger partial charge in [-0.15, -0.1) is 0 Å². The van der Waals surface area contributed by atoms with Crippen molar-refractivity contribution in [2.75, 3.05) is 12.9 Å². The SMILES string of the molecule is COc1ccc(F)c(C=C(CSC(C)=O)B2OC(C)(C)C(C)(C)O2)c1. The molecule has 1 fully saturated rings. The highest BCUT2D eigenvalue weighted by Crippen LogP contribution is 2.39. The maximum Gasteiger partial charge on any atom is 0.491 e. The molecule has 7 heteroatoms. The third-order valence-electron chi connectivity index (χ3n) is 4.54. The van der Waals surface area contributed by atoms with Gasteiger partial charge in [0, 0.05) is 18.2 Å². The van der Waals surface area contributed by atoms with Gasteiger partial charge in [0.1, 0.15) is 11.6 Å². The van der Waals surface area contributed by atoms with Crippen molar-refractivity contribution < 1.29 is 23.2 Å². The molecule has 0 radical (unpaired) electrons. The van der Waals surface area contributed by atoms with E-state index in [1.54, 1.807) is 18.2 Å². The molecule has 0 atom stereocenters. The molecule has 0 amide bonds. The van der Waals surface area contributed by atoms with Gasteiger partial charge in [0.15, 0.2) is 5.12 Å². The third kappa shape index (κ3) is 4.66. The van der Waals surface area contributed by atoms with Crippen LogP contribution in [0.1, 0.15) is 40.2 Å². The van der Waals surface area contributed by atoms with Gasteiger partial charge in [-0.3, -0.25) is 4.79 Å². The molecule has 0 aliphatic carbocycles. The zero-order chi connectivity index (χ0) is 18.8. The normalized spacial score (nSPS) is 19.2. The third-order valence-corrected chi connectivity index (χ3v) is 5.43. The molecule has 0 spiro atoms. The minimum atomic E-state index is -0.637. The molecular formula is C18H24BFO4S. The first-order valence-electron chi connectivity index (χ1n) is 8.09. The molecule has 0 saturated carbocycles. The van der Waals surface area contributed by atoms with Crippen molar-refractivity contribution >= 4 is 30.1 Å². The fraction of sp³-hybridized carbons (Fsp3) is 0.500. The van der Waals surface area contributed by atoms with Gasteiger partial charge in [-0.05, 0) is 51.4 Å². The molecular weight excluding hydrogens is 342 g/mol. The van der Waals surface area contributed by atoms with Crippen LogP contribution in [0.15, 0.2) is 23.7 Å². The summed E-state index contributed by atoms with van der Waals surface area (Å²) in [5, 5.41) is -0.0199. The van der Waals surface area contributed by atoms with E-state index in [0.717, 1.165) is 11.8 Å². The minimum Gasteiger partial charge on any atom is -0.497 e. The number of halogens is 1. The van der Waals surface area contributed by atoms with E-state index in [1.807, 2.05) is 27.7 Å². The predicted octanol–water partition coefficient (Wildman–Crippen LogP) is 4.13. The molecule has 136 valence electrons. The molecule has 0 N–H and O–H groups in total. The molecule has 1 aromatic rings. The van der Waals surface area contributed by atoms with Crippen LogP contribution in [0, 0.1) is 5.82 Å². The van der Waals surface area contributed by atoms with Crippen LogP contribution in [-0.4, -0.2) is 36.3 Å². The molecule has 1 aliphatic rings. The molecule has 1 aromatic carbocycles. The van der Waals surface area contributed by atoms with Crippen LogP contribution in [0.3, 0.4) is 0 Å². The summed E-state index contributed by atoms with van der Waals surface area (Å²) in [6, 6.07) is 4.52. The smallest absolute Gasteiger partial charge is 0.491 e. The van der Waals surface area contributed by atoms with E-state index in [4.69, 9.17) is 14.0 Å². The van der Waals surface area contributed by atoms with E-state index in [9.17, 15) is 9.18 Å². The zero-order valence-corrected chi connectivity index (χ0v) is 16.3. The molecule has 2 rings (SSSR count). The van der Waals surface area contributed by atoms with Crippen LogP contribution in [0.5, 0.6) is 5.75 Å². The summed E-state index contributed by atoms with van der Waals surface area (Å²) in [5.41, 5.74) is 0.0500. The molecule has 1 heterocycles. The average molecular weight is 366 g/mol. The number of hydrogen-bond donors (Lipinski definition) is 0. The molecule has 1 aliphatic heterocycles. The Morgan fingerprint density at radius 1 is 1.28 bits per heavy atom. The van der Waals surface area contributed by atoms with E-state index in [2.05, 4.69) is 0 Å². The number of thioether (sulfide) groups is 1. The molecule has 0 aromatic heterocycles. The fourth-order valence-corrected chi connectivity index (χ4v) is 2.91. The second-order valence-electron chi connectivity index (χ2n) is 6.98. The number of hydrogen-bond acceptors (Lipinski definition) is 5. The van der Waals surface area contributed by atoms with Gasteiger partial charge in [0.25, 0.3) is 0 Å². The summed E-state index contributed by atoms with van der Waals surface area (Å²) in [5.74, 6) is 0.547. The Labute approximate surface area is 153 Å². The van der Waals surface area contributed by atoms with Crippen molar-refractivity contribution in [1.29, 1.82) is 0 Å². The molecule has 4 nitrogen and oxygen atoms in total. The lowest BCUT2D eigenvalue weighted by atomic mass is 9.78. The van der Waals surface area contributed by atoms with Gasteiger partial charge in [-0.1, -0.05) is 17.8 Å². The van der Waals surface area contributed by atoms with E-state index >= 15 is 0 Å². The largest absolute Gasteiger partial charge is 0.497 e. The second kappa shape index (κ2) is 7.52. The van der Waals surface area contributed by atoms with Crippen LogP contribution in [0.25, 0.3) is 6.08 Å². The van der Waals surface area contributed by atoms with Gasteiger partial charge in [-0.25, -0.2) is 4.39 Å². The first-order valence-corrected chi connectivity index (χ1v) is 9.07. The van der Waals surface area contributed by atoms with Crippen LogP contribution >= 0.6 is 11.8 Å². The Balaban J connectivity index is 2.38. The number of methoxy groups -OCH3 is 1. The Bertz CT molecular complexity index is 672. The first kappa shape index (κ1) is 20.0. The molecule has 1 saturated heterocycles. The molecule has 0 unspecified atom stereocenters. The van der Waals surface area contributed by atoms with E-state index < -0.39 is 18.3 Å². The van der Waals surface area contributed by atoms with Crippen molar-refractivity contribution in [3.8, 4) is 5.75 Å². The highest BCUT2D eigenvalue weighted by atomic mass is 32.2. The van der Waals surface area contributed by atoms with Crippen molar-refractivity contribution in [2.45, 2.75) is 45.8 Å². The maximum atomic E-state index is 14.2. The van der Waals surface area contributed by atoms with Gasteiger partial charge < -0.3 is 14.0 Å². The lowest BCUT2D eigenvalue weighted by Crippen LogP contribution is -2.41. The zero-order valence-electron chi connectivity index (χ0n) is 15.5. The van der Waals surface area contributed by atoms with Gasteiger partial charge in [0.2, 0.25) is 0 Å². The predicted molar refractivity (Wildman–Crippen MR) is 100 cm³/mol. The quantitative estimate of drug-likeness (QED) is 0.734. The Morgan fingerprint density at radius 3 is 2.40 bits per heavy atom. The van der Waals surface area contributed by atoms with Crippen molar-refractivity contribution in [3.05, 3.63) is 35.1 Å². The van der Waals surface area contributed by atoms with E-state index in [0.29, 0.717) is 22.5 Å². The summed E-state index contributed by atoms with van der Waals surface area (Å²) < 4.78 is 31.5. The lowest BCUT2D eigenvalue weighted by Gasteiger charge is -2.32. The summed E-state index contributed by atoms with van der Waals surface area (Å²) in [6.45, 7) is 9.31. The fourth-order valence-electron chi connectivity index (χ4n) is 2.32. The summed E-state index contributed by atoms with van der Waals surface area (Å²) in [4.78, 5) is 11.4. The highest BCUT2D eigenvalue weighted by molar-refractivity contribution is 8.13. The first-order chi connectivity index (χ1) is 11.6. The highest BCUT2D eigenvalue weighted by Gasteiger charge is 2.52. The Kier molecular flexibility index (Phi) is 6.02. The van der Waals surface area contributed by atoms with Gasteiger partial charge in [-0.2, -0.15) is 0 Å². The topological polar surface area (TPSA) is 44.8 Å². The van der Waals surface area contributed by atoms with Crippen LogP contribution in [0.2, 0.25) is 0 Å². The standard InChI is InChI=1S/C18H24BFO4S/c1-12(21)25-11-14(19-23-17(2,3)18(4,5)24-19)9-13-10-15(22-6)7-8-16(13)20/h7-10H,11H2,1-6H3. The number of benzene rings is 1. The van der Waals surface area contributed by atoms with E-state index in [1.165, 1.54) is 20.1 Å². The van der Waals surface area contributed by atoms with E-state index in [-0.39, 0.29) is 10.9 Å². The molecule has 25 heavy (non-hydrogen) atoms. The second-order valence-corrected chi connectivity index (χ2v) is 8.13. The van der Waals surface area contributed by atoms with Crippen molar-refractivity contribution in [1.82, 2.24) is 0 Å². The Hall–Kier alpha value is -1.31. The van der Waals surface area contributed by atoms with Crippen LogP contribution in [0.4, 0.5) is 4.39 Å². The number of ether oxygens (including phenoxy) is 1. The number of carbonyl (C=O) groups is 1. The maximum absolute atomic E-state index is 14.2. The van der Waals surface area contributed by atoms with Crippen LogP contribution < -0.4 is 4.74 Å². The number of carbonyl (C=O) groups excluding carboxylic acids is 1. The number of rotatable bonds is 5. The Morgan fingerprint density at radius 2 is 1.88 bits per heavy atom. The molecule has 0 bridgehead atoms. The minimum absolute atomic E-state index is 0.0199. The summed E-state index contributed by atoms with van der Waals surface area (Å²) in [7, 11) is 0.893. The summed E-state index contributed by atoms with van der Waals surface area (Å²) in [6.07, 6.45) is 1.68. The van der Waals surface area contributed by atoms with Crippen molar-refractivity contribution in [3.63, 3.8) is 0 Å². The van der Waals surface area contributed by atoms with Crippen molar-refractivity contribution in [2.24, 2.45) is 0 Å².